The van der Waals surface area contributed by atoms with Crippen LogP contribution >= 0.6 is 12.4 Å². The number of halogens is 3. The van der Waals surface area contributed by atoms with Gasteiger partial charge in [-0.05, 0) is 38.0 Å². The maximum Gasteiger partial charge on any atom is 0.240 e. The molecule has 0 bridgehead atoms. The van der Waals surface area contributed by atoms with Crippen molar-refractivity contribution in [1.29, 1.82) is 0 Å². The molecule has 0 aliphatic rings. The van der Waals surface area contributed by atoms with Crippen molar-refractivity contribution in [3.05, 3.63) is 35.4 Å². The molecule has 0 saturated carbocycles. The molecule has 0 aromatic heterocycles. The first-order valence-corrected chi connectivity index (χ1v) is 6.32. The number of nitrogens with two attached hydrogens (primary N) is 1. The molecule has 20 heavy (non-hydrogen) atoms. The van der Waals surface area contributed by atoms with Crippen LogP contribution in [0.15, 0.2) is 18.2 Å². The predicted molar refractivity (Wildman–Crippen MR) is 77.7 cm³/mol. The quantitative estimate of drug-likeness (QED) is 0.878. The van der Waals surface area contributed by atoms with Gasteiger partial charge in [0, 0.05) is 0 Å². The largest absolute Gasteiger partial charge is 0.348 e. The number of amides is 1. The molecule has 0 spiro atoms. The summed E-state index contributed by atoms with van der Waals surface area (Å²) in [6.45, 7) is 5.30. The first kappa shape index (κ1) is 18.8. The zero-order valence-electron chi connectivity index (χ0n) is 11.9. The summed E-state index contributed by atoms with van der Waals surface area (Å²) in [6.07, 6.45) is 1.35. The molecule has 3 N–H and O–H groups in total. The zero-order valence-corrected chi connectivity index (χ0v) is 12.7. The molecule has 1 aromatic carbocycles. The van der Waals surface area contributed by atoms with E-state index in [0.717, 1.165) is 18.6 Å². The summed E-state index contributed by atoms with van der Waals surface area (Å²) in [6, 6.07) is 3.13. The Hall–Kier alpha value is -1.20. The van der Waals surface area contributed by atoms with Crippen LogP contribution < -0.4 is 11.1 Å². The van der Waals surface area contributed by atoms with E-state index in [0.29, 0.717) is 12.0 Å². The number of rotatable bonds is 5. The second-order valence-electron chi connectivity index (χ2n) is 5.04. The van der Waals surface area contributed by atoms with Gasteiger partial charge in [-0.15, -0.1) is 12.4 Å². The number of carbonyl (C=O) groups excluding carboxylic acids is 1. The van der Waals surface area contributed by atoms with Crippen molar-refractivity contribution in [2.75, 3.05) is 0 Å². The van der Waals surface area contributed by atoms with Gasteiger partial charge < -0.3 is 11.1 Å². The smallest absolute Gasteiger partial charge is 0.240 e. The summed E-state index contributed by atoms with van der Waals surface area (Å²) < 4.78 is 26.0. The number of benzene rings is 1. The van der Waals surface area contributed by atoms with Crippen LogP contribution in [0, 0.1) is 11.6 Å². The van der Waals surface area contributed by atoms with E-state index in [-0.39, 0.29) is 18.3 Å². The van der Waals surface area contributed by atoms with Crippen molar-refractivity contribution >= 4 is 18.3 Å². The van der Waals surface area contributed by atoms with Gasteiger partial charge in [-0.1, -0.05) is 19.4 Å². The summed E-state index contributed by atoms with van der Waals surface area (Å²) in [5, 5.41) is 2.71. The standard InChI is InChI=1S/C14H20F2N2O.ClH/c1-4-7-14(3,17)13(19)18-9(2)10-5-6-11(15)12(16)8-10;/h5-6,8-9H,4,7,17H2,1-3H3,(H,18,19);1H. The van der Waals surface area contributed by atoms with E-state index in [1.165, 1.54) is 6.07 Å². The lowest BCUT2D eigenvalue weighted by Crippen LogP contribution is -2.52. The van der Waals surface area contributed by atoms with E-state index in [4.69, 9.17) is 5.73 Å². The summed E-state index contributed by atoms with van der Waals surface area (Å²) in [7, 11) is 0. The molecule has 114 valence electrons. The summed E-state index contributed by atoms with van der Waals surface area (Å²) in [5.74, 6) is -2.13. The van der Waals surface area contributed by atoms with Crippen molar-refractivity contribution in [1.82, 2.24) is 5.32 Å². The lowest BCUT2D eigenvalue weighted by molar-refractivity contribution is -0.126. The second-order valence-corrected chi connectivity index (χ2v) is 5.04. The Morgan fingerprint density at radius 2 is 2.00 bits per heavy atom. The Kier molecular flexibility index (Phi) is 7.09. The van der Waals surface area contributed by atoms with E-state index in [1.807, 2.05) is 6.92 Å². The van der Waals surface area contributed by atoms with Gasteiger partial charge in [0.2, 0.25) is 5.91 Å². The molecule has 3 nitrogen and oxygen atoms in total. The minimum Gasteiger partial charge on any atom is -0.348 e. The van der Waals surface area contributed by atoms with E-state index in [1.54, 1.807) is 13.8 Å². The fourth-order valence-corrected chi connectivity index (χ4v) is 1.86. The Balaban J connectivity index is 0.00000361. The van der Waals surface area contributed by atoms with Crippen LogP contribution in [0.25, 0.3) is 0 Å². The van der Waals surface area contributed by atoms with Crippen LogP contribution in [-0.4, -0.2) is 11.4 Å². The average Bonchev–Trinajstić information content (AvgIpc) is 2.32. The molecular weight excluding hydrogens is 286 g/mol. The molecule has 1 amide bonds. The minimum absolute atomic E-state index is 0. The molecule has 0 fully saturated rings. The Morgan fingerprint density at radius 1 is 1.40 bits per heavy atom. The van der Waals surface area contributed by atoms with Crippen LogP contribution in [0.1, 0.15) is 45.2 Å². The molecule has 1 rings (SSSR count). The number of nitrogens with one attached hydrogen (secondary N) is 1. The molecule has 0 heterocycles. The SMILES string of the molecule is CCCC(C)(N)C(=O)NC(C)c1ccc(F)c(F)c1.Cl. The van der Waals surface area contributed by atoms with E-state index < -0.39 is 23.2 Å². The molecule has 0 aliphatic carbocycles. The van der Waals surface area contributed by atoms with E-state index >= 15 is 0 Å². The monoisotopic (exact) mass is 306 g/mol. The Morgan fingerprint density at radius 3 is 2.50 bits per heavy atom. The molecule has 6 heteroatoms. The Labute approximate surface area is 124 Å². The highest BCUT2D eigenvalue weighted by atomic mass is 35.5. The fraction of sp³-hybridized carbons (Fsp3) is 0.500. The Bertz CT molecular complexity index is 466. The molecular formula is C14H21ClF2N2O. The van der Waals surface area contributed by atoms with E-state index in [2.05, 4.69) is 5.32 Å². The van der Waals surface area contributed by atoms with Crippen molar-refractivity contribution in [3.8, 4) is 0 Å². The van der Waals surface area contributed by atoms with Crippen LogP contribution in [0.3, 0.4) is 0 Å². The minimum atomic E-state index is -0.957. The average molecular weight is 307 g/mol. The van der Waals surface area contributed by atoms with Gasteiger partial charge in [-0.25, -0.2) is 8.78 Å². The fourth-order valence-electron chi connectivity index (χ4n) is 1.86. The highest BCUT2D eigenvalue weighted by molar-refractivity contribution is 5.86. The zero-order chi connectivity index (χ0) is 14.6. The maximum atomic E-state index is 13.1. The number of hydrogen-bond donors (Lipinski definition) is 2. The van der Waals surface area contributed by atoms with Gasteiger partial charge in [-0.3, -0.25) is 4.79 Å². The first-order chi connectivity index (χ1) is 8.77. The topological polar surface area (TPSA) is 55.1 Å². The van der Waals surface area contributed by atoms with Crippen molar-refractivity contribution in [2.45, 2.75) is 45.2 Å². The first-order valence-electron chi connectivity index (χ1n) is 6.32. The van der Waals surface area contributed by atoms with E-state index in [9.17, 15) is 13.6 Å². The second kappa shape index (κ2) is 7.55. The van der Waals surface area contributed by atoms with Gasteiger partial charge in [0.1, 0.15) is 0 Å². The van der Waals surface area contributed by atoms with Crippen LogP contribution in [0.5, 0.6) is 0 Å². The molecule has 0 radical (unpaired) electrons. The van der Waals surface area contributed by atoms with Gasteiger partial charge in [0.15, 0.2) is 11.6 Å². The van der Waals surface area contributed by atoms with Gasteiger partial charge in [-0.2, -0.15) is 0 Å². The van der Waals surface area contributed by atoms with Crippen LogP contribution in [-0.2, 0) is 4.79 Å². The van der Waals surface area contributed by atoms with Crippen LogP contribution in [0.2, 0.25) is 0 Å². The van der Waals surface area contributed by atoms with Gasteiger partial charge in [0.05, 0.1) is 11.6 Å². The third-order valence-electron chi connectivity index (χ3n) is 3.08. The number of hydrogen-bond acceptors (Lipinski definition) is 2. The third kappa shape index (κ3) is 4.72. The number of carbonyl (C=O) groups is 1. The lowest BCUT2D eigenvalue weighted by atomic mass is 9.95. The highest BCUT2D eigenvalue weighted by Crippen LogP contribution is 2.17. The lowest BCUT2D eigenvalue weighted by Gasteiger charge is -2.25. The summed E-state index contributed by atoms with van der Waals surface area (Å²) in [5.41, 5.74) is 5.45. The molecule has 0 saturated heterocycles. The van der Waals surface area contributed by atoms with Crippen molar-refractivity contribution < 1.29 is 13.6 Å². The maximum absolute atomic E-state index is 13.1. The molecule has 2 unspecified atom stereocenters. The summed E-state index contributed by atoms with van der Waals surface area (Å²) >= 11 is 0. The normalized spacial score (nSPS) is 14.9. The molecule has 2 atom stereocenters. The predicted octanol–water partition coefficient (Wildman–Crippen LogP) is 3.08. The van der Waals surface area contributed by atoms with Gasteiger partial charge in [0.25, 0.3) is 0 Å². The molecule has 1 aromatic rings. The van der Waals surface area contributed by atoms with Crippen LogP contribution in [0.4, 0.5) is 8.78 Å². The van der Waals surface area contributed by atoms with Crippen molar-refractivity contribution in [2.24, 2.45) is 5.73 Å². The highest BCUT2D eigenvalue weighted by Gasteiger charge is 2.28. The third-order valence-corrected chi connectivity index (χ3v) is 3.08. The van der Waals surface area contributed by atoms with Gasteiger partial charge >= 0.3 is 0 Å². The molecule has 0 aliphatic heterocycles. The van der Waals surface area contributed by atoms with Crippen molar-refractivity contribution in [3.63, 3.8) is 0 Å². The summed E-state index contributed by atoms with van der Waals surface area (Å²) in [4.78, 5) is 12.0.